The van der Waals surface area contributed by atoms with Gasteiger partial charge in [0, 0.05) is 20.1 Å². The third-order valence-corrected chi connectivity index (χ3v) is 4.80. The summed E-state index contributed by atoms with van der Waals surface area (Å²) in [6, 6.07) is 8.42. The Kier molecular flexibility index (Phi) is 7.45. The molecule has 1 aliphatic carbocycles. The standard InChI is InChI=1S/C19H26N2O.Ir/c1-5-16(15-7-8-15)18(11-20)19(22)21-14(4)17-9-6-12(2)10-13(17)3;/h6,9-10,14-16,18H,5,7-8H2,1-4H3,(H,21,22);. The molecule has 0 aliphatic heterocycles. The number of nitrogens with one attached hydrogen (secondary N) is 1. The fourth-order valence-corrected chi connectivity index (χ4v) is 3.41. The van der Waals surface area contributed by atoms with Gasteiger partial charge in [-0.2, -0.15) is 5.26 Å². The molecule has 4 heteroatoms. The molecule has 1 aromatic carbocycles. The minimum atomic E-state index is -0.522. The minimum Gasteiger partial charge on any atom is -0.348 e. The SMILES string of the molecule is CCC(C1CC1)C(C#N)C(=O)NC(C)c1ccc(C)cc1C.[Ir]. The summed E-state index contributed by atoms with van der Waals surface area (Å²) in [5, 5.41) is 12.5. The number of carbonyl (C=O) groups excluding carboxylic acids is 1. The average Bonchev–Trinajstić information content (AvgIpc) is 3.28. The van der Waals surface area contributed by atoms with Gasteiger partial charge in [0.15, 0.2) is 0 Å². The number of rotatable bonds is 6. The predicted molar refractivity (Wildman–Crippen MR) is 88.1 cm³/mol. The van der Waals surface area contributed by atoms with E-state index in [0.29, 0.717) is 5.92 Å². The van der Waals surface area contributed by atoms with Crippen LogP contribution in [-0.2, 0) is 24.9 Å². The molecule has 1 N–H and O–H groups in total. The second kappa shape index (κ2) is 8.62. The van der Waals surface area contributed by atoms with E-state index < -0.39 is 5.92 Å². The number of carbonyl (C=O) groups is 1. The molecule has 3 atom stereocenters. The Labute approximate surface area is 153 Å². The molecule has 0 aromatic heterocycles. The van der Waals surface area contributed by atoms with Crippen LogP contribution in [0.2, 0.25) is 0 Å². The zero-order valence-corrected chi connectivity index (χ0v) is 16.7. The van der Waals surface area contributed by atoms with Crippen molar-refractivity contribution in [3.63, 3.8) is 0 Å². The van der Waals surface area contributed by atoms with Crippen LogP contribution in [0.4, 0.5) is 0 Å². The zero-order chi connectivity index (χ0) is 16.3. The van der Waals surface area contributed by atoms with Crippen LogP contribution in [0.15, 0.2) is 18.2 Å². The number of aryl methyl sites for hydroxylation is 2. The second-order valence-electron chi connectivity index (χ2n) is 6.61. The van der Waals surface area contributed by atoms with E-state index in [2.05, 4.69) is 50.4 Å². The molecule has 1 amide bonds. The maximum absolute atomic E-state index is 12.5. The van der Waals surface area contributed by atoms with Crippen molar-refractivity contribution in [2.75, 3.05) is 0 Å². The number of amides is 1. The van der Waals surface area contributed by atoms with Crippen molar-refractivity contribution >= 4 is 5.91 Å². The van der Waals surface area contributed by atoms with Gasteiger partial charge in [0.1, 0.15) is 5.92 Å². The van der Waals surface area contributed by atoms with Gasteiger partial charge >= 0.3 is 0 Å². The molecule has 3 nitrogen and oxygen atoms in total. The summed E-state index contributed by atoms with van der Waals surface area (Å²) in [5.41, 5.74) is 3.51. The molecule has 1 radical (unpaired) electrons. The number of nitrogens with zero attached hydrogens (tertiary/aromatic N) is 1. The van der Waals surface area contributed by atoms with Crippen LogP contribution in [0.3, 0.4) is 0 Å². The Morgan fingerprint density at radius 3 is 2.52 bits per heavy atom. The van der Waals surface area contributed by atoms with Gasteiger partial charge in [-0.25, -0.2) is 0 Å². The zero-order valence-electron chi connectivity index (χ0n) is 14.4. The summed E-state index contributed by atoms with van der Waals surface area (Å²) >= 11 is 0. The molecule has 0 saturated heterocycles. The van der Waals surface area contributed by atoms with E-state index in [1.165, 1.54) is 11.1 Å². The molecule has 1 fully saturated rings. The molecule has 23 heavy (non-hydrogen) atoms. The summed E-state index contributed by atoms with van der Waals surface area (Å²) in [6.07, 6.45) is 3.22. The van der Waals surface area contributed by atoms with Crippen LogP contribution in [0.5, 0.6) is 0 Å². The maximum Gasteiger partial charge on any atom is 0.238 e. The van der Waals surface area contributed by atoms with E-state index in [-0.39, 0.29) is 38.0 Å². The van der Waals surface area contributed by atoms with Gasteiger partial charge in [-0.1, -0.05) is 37.1 Å². The summed E-state index contributed by atoms with van der Waals surface area (Å²) in [5.74, 6) is 0.132. The van der Waals surface area contributed by atoms with Gasteiger partial charge in [-0.3, -0.25) is 4.79 Å². The van der Waals surface area contributed by atoms with Crippen LogP contribution < -0.4 is 5.32 Å². The van der Waals surface area contributed by atoms with E-state index in [4.69, 9.17) is 0 Å². The van der Waals surface area contributed by atoms with Gasteiger partial charge in [-0.15, -0.1) is 0 Å². The van der Waals surface area contributed by atoms with E-state index in [9.17, 15) is 10.1 Å². The monoisotopic (exact) mass is 491 g/mol. The van der Waals surface area contributed by atoms with Gasteiger partial charge in [0.2, 0.25) is 5.91 Å². The smallest absolute Gasteiger partial charge is 0.238 e. The second-order valence-corrected chi connectivity index (χ2v) is 6.61. The van der Waals surface area contributed by atoms with Crippen LogP contribution >= 0.6 is 0 Å². The van der Waals surface area contributed by atoms with Gasteiger partial charge in [0.25, 0.3) is 0 Å². The fourth-order valence-electron chi connectivity index (χ4n) is 3.41. The first kappa shape index (κ1) is 19.9. The maximum atomic E-state index is 12.5. The number of benzene rings is 1. The average molecular weight is 491 g/mol. The molecule has 0 heterocycles. The Hall–Kier alpha value is -1.17. The molecule has 2 rings (SSSR count). The number of hydrogen-bond acceptors (Lipinski definition) is 2. The normalized spacial score (nSPS) is 17.3. The van der Waals surface area contributed by atoms with Crippen molar-refractivity contribution in [1.29, 1.82) is 5.26 Å². The first-order valence-corrected chi connectivity index (χ1v) is 8.25. The largest absolute Gasteiger partial charge is 0.348 e. The third kappa shape index (κ3) is 4.90. The van der Waals surface area contributed by atoms with Gasteiger partial charge in [0.05, 0.1) is 12.1 Å². The molecular formula is C19H26IrN2O. The summed E-state index contributed by atoms with van der Waals surface area (Å²) in [4.78, 5) is 12.5. The van der Waals surface area contributed by atoms with Crippen molar-refractivity contribution < 1.29 is 24.9 Å². The first-order chi connectivity index (χ1) is 10.5. The van der Waals surface area contributed by atoms with Crippen LogP contribution in [0.1, 0.15) is 55.8 Å². The van der Waals surface area contributed by atoms with E-state index in [1.54, 1.807) is 0 Å². The summed E-state index contributed by atoms with van der Waals surface area (Å²) < 4.78 is 0. The Balaban J connectivity index is 0.00000264. The van der Waals surface area contributed by atoms with Gasteiger partial charge in [-0.05, 0) is 56.6 Å². The number of hydrogen-bond donors (Lipinski definition) is 1. The van der Waals surface area contributed by atoms with Crippen molar-refractivity contribution in [2.45, 2.75) is 53.0 Å². The number of nitriles is 1. The molecule has 0 spiro atoms. The van der Waals surface area contributed by atoms with Crippen LogP contribution in [0, 0.1) is 42.9 Å². The van der Waals surface area contributed by atoms with Crippen LogP contribution in [0.25, 0.3) is 0 Å². The van der Waals surface area contributed by atoms with E-state index in [0.717, 1.165) is 24.8 Å². The van der Waals surface area contributed by atoms with Gasteiger partial charge < -0.3 is 5.32 Å². The molecule has 0 bridgehead atoms. The molecule has 1 saturated carbocycles. The quantitative estimate of drug-likeness (QED) is 0.654. The molecular weight excluding hydrogens is 464 g/mol. The summed E-state index contributed by atoms with van der Waals surface area (Å²) in [6.45, 7) is 8.19. The van der Waals surface area contributed by atoms with E-state index >= 15 is 0 Å². The minimum absolute atomic E-state index is 0. The van der Waals surface area contributed by atoms with E-state index in [1.807, 2.05) is 6.92 Å². The van der Waals surface area contributed by atoms with Crippen LogP contribution in [-0.4, -0.2) is 5.91 Å². The topological polar surface area (TPSA) is 52.9 Å². The predicted octanol–water partition coefficient (Wildman–Crippen LogP) is 4.05. The molecule has 127 valence electrons. The molecule has 1 aromatic rings. The Bertz CT molecular complexity index is 590. The third-order valence-electron chi connectivity index (χ3n) is 4.80. The van der Waals surface area contributed by atoms with Crippen molar-refractivity contribution in [2.24, 2.45) is 17.8 Å². The van der Waals surface area contributed by atoms with Crippen molar-refractivity contribution in [3.05, 3.63) is 34.9 Å². The molecule has 3 unspecified atom stereocenters. The van der Waals surface area contributed by atoms with Crippen molar-refractivity contribution in [3.8, 4) is 6.07 Å². The first-order valence-electron chi connectivity index (χ1n) is 8.25. The molecule has 1 aliphatic rings. The summed E-state index contributed by atoms with van der Waals surface area (Å²) in [7, 11) is 0. The Morgan fingerprint density at radius 2 is 2.04 bits per heavy atom. The Morgan fingerprint density at radius 1 is 1.39 bits per heavy atom. The fraction of sp³-hybridized carbons (Fsp3) is 0.579. The van der Waals surface area contributed by atoms with Crippen molar-refractivity contribution in [1.82, 2.24) is 5.32 Å².